The monoisotopic (exact) mass is 465 g/mol. The van der Waals surface area contributed by atoms with Gasteiger partial charge >= 0.3 is 12.3 Å². The highest BCUT2D eigenvalue weighted by Crippen LogP contribution is 2.27. The summed E-state index contributed by atoms with van der Waals surface area (Å²) in [7, 11) is -4.36. The first-order chi connectivity index (χ1) is 14.0. The van der Waals surface area contributed by atoms with Crippen molar-refractivity contribution in [1.29, 1.82) is 0 Å². The number of carboxylic acids is 1. The van der Waals surface area contributed by atoms with Crippen LogP contribution in [0, 0.1) is 0 Å². The quantitative estimate of drug-likeness (QED) is 0.714. The number of hydrogen-bond acceptors (Lipinski definition) is 7. The molecule has 0 saturated carbocycles. The molecular weight excluding hydrogens is 451 g/mol. The summed E-state index contributed by atoms with van der Waals surface area (Å²) in [6, 6.07) is 1.85. The Bertz CT molecular complexity index is 1030. The van der Waals surface area contributed by atoms with Gasteiger partial charge in [-0.05, 0) is 24.3 Å². The summed E-state index contributed by atoms with van der Waals surface area (Å²) in [6.07, 6.45) is -4.94. The van der Waals surface area contributed by atoms with Gasteiger partial charge in [-0.2, -0.15) is 4.31 Å². The molecular formula is C16H14F3N3O6S2. The highest BCUT2D eigenvalue weighted by Gasteiger charge is 2.42. The minimum atomic E-state index is -4.94. The van der Waals surface area contributed by atoms with Crippen LogP contribution in [0.4, 0.5) is 13.2 Å². The SMILES string of the molecule is O=C(O)[C@H]1CN(C(=O)c2cscn2)CCN1S(=O)(=O)c1ccc(OC(F)(F)F)cc1. The zero-order chi connectivity index (χ0) is 22.1. The molecule has 1 aromatic heterocycles. The zero-order valence-electron chi connectivity index (χ0n) is 14.9. The third-order valence-electron chi connectivity index (χ3n) is 4.22. The van der Waals surface area contributed by atoms with Crippen LogP contribution in [0.1, 0.15) is 10.5 Å². The van der Waals surface area contributed by atoms with Crippen molar-refractivity contribution in [2.45, 2.75) is 17.3 Å². The van der Waals surface area contributed by atoms with E-state index in [0.29, 0.717) is 4.31 Å². The smallest absolute Gasteiger partial charge is 0.480 e. The topological polar surface area (TPSA) is 117 Å². The Morgan fingerprint density at radius 2 is 1.87 bits per heavy atom. The van der Waals surface area contributed by atoms with Crippen LogP contribution in [0.25, 0.3) is 0 Å². The summed E-state index contributed by atoms with van der Waals surface area (Å²) in [4.78, 5) is 28.8. The van der Waals surface area contributed by atoms with Gasteiger partial charge in [-0.15, -0.1) is 24.5 Å². The molecule has 162 valence electrons. The molecule has 0 bridgehead atoms. The van der Waals surface area contributed by atoms with E-state index in [1.165, 1.54) is 27.1 Å². The van der Waals surface area contributed by atoms with Crippen LogP contribution in [-0.4, -0.2) is 71.6 Å². The molecule has 1 N–H and O–H groups in total. The van der Waals surface area contributed by atoms with E-state index in [2.05, 4.69) is 9.72 Å². The van der Waals surface area contributed by atoms with Crippen molar-refractivity contribution in [1.82, 2.24) is 14.2 Å². The summed E-state index contributed by atoms with van der Waals surface area (Å²) < 4.78 is 67.0. The number of ether oxygens (including phenoxy) is 1. The number of sulfonamides is 1. The van der Waals surface area contributed by atoms with Crippen LogP contribution in [0.3, 0.4) is 0 Å². The van der Waals surface area contributed by atoms with E-state index in [0.717, 1.165) is 24.3 Å². The number of carbonyl (C=O) groups is 2. The number of amides is 1. The number of hydrogen-bond donors (Lipinski definition) is 1. The molecule has 1 aliphatic rings. The Kier molecular flexibility index (Phi) is 6.01. The number of carbonyl (C=O) groups excluding carboxylic acids is 1. The van der Waals surface area contributed by atoms with Crippen molar-refractivity contribution in [3.8, 4) is 5.75 Å². The van der Waals surface area contributed by atoms with Crippen molar-refractivity contribution in [3.63, 3.8) is 0 Å². The van der Waals surface area contributed by atoms with Gasteiger partial charge in [0.05, 0.1) is 10.4 Å². The Labute approximate surface area is 172 Å². The van der Waals surface area contributed by atoms with Crippen LogP contribution in [0.2, 0.25) is 0 Å². The molecule has 0 aliphatic carbocycles. The van der Waals surface area contributed by atoms with E-state index in [9.17, 15) is 36.3 Å². The van der Waals surface area contributed by atoms with Crippen molar-refractivity contribution >= 4 is 33.2 Å². The molecule has 30 heavy (non-hydrogen) atoms. The van der Waals surface area contributed by atoms with Gasteiger partial charge in [0.15, 0.2) is 0 Å². The molecule has 9 nitrogen and oxygen atoms in total. The van der Waals surface area contributed by atoms with Gasteiger partial charge < -0.3 is 14.7 Å². The fraction of sp³-hybridized carbons (Fsp3) is 0.312. The second-order valence-electron chi connectivity index (χ2n) is 6.11. The lowest BCUT2D eigenvalue weighted by Gasteiger charge is -2.38. The second-order valence-corrected chi connectivity index (χ2v) is 8.72. The number of nitrogens with zero attached hydrogens (tertiary/aromatic N) is 3. The first kappa shape index (κ1) is 22.0. The molecule has 1 atom stereocenters. The first-order valence-corrected chi connectivity index (χ1v) is 10.7. The van der Waals surface area contributed by atoms with Crippen LogP contribution in [0.5, 0.6) is 5.75 Å². The number of benzene rings is 1. The average Bonchev–Trinajstić information content (AvgIpc) is 3.21. The van der Waals surface area contributed by atoms with E-state index < -0.39 is 51.5 Å². The number of thiazole rings is 1. The van der Waals surface area contributed by atoms with Crippen LogP contribution in [-0.2, 0) is 14.8 Å². The summed E-state index contributed by atoms with van der Waals surface area (Å²) in [5, 5.41) is 11.0. The molecule has 1 aromatic carbocycles. The van der Waals surface area contributed by atoms with Crippen molar-refractivity contribution < 1.29 is 41.0 Å². The van der Waals surface area contributed by atoms with Crippen molar-refractivity contribution in [2.75, 3.05) is 19.6 Å². The molecule has 1 fully saturated rings. The number of rotatable bonds is 5. The van der Waals surface area contributed by atoms with Gasteiger partial charge in [-0.3, -0.25) is 9.59 Å². The first-order valence-electron chi connectivity index (χ1n) is 8.27. The Balaban J connectivity index is 1.81. The average molecular weight is 465 g/mol. The summed E-state index contributed by atoms with van der Waals surface area (Å²) >= 11 is 1.18. The fourth-order valence-electron chi connectivity index (χ4n) is 2.87. The molecule has 2 aromatic rings. The van der Waals surface area contributed by atoms with Gasteiger partial charge in [0.1, 0.15) is 17.5 Å². The third kappa shape index (κ3) is 4.71. The van der Waals surface area contributed by atoms with Gasteiger partial charge in [-0.1, -0.05) is 0 Å². The minimum Gasteiger partial charge on any atom is -0.480 e. The Morgan fingerprint density at radius 3 is 2.40 bits per heavy atom. The molecule has 1 amide bonds. The molecule has 1 saturated heterocycles. The maximum Gasteiger partial charge on any atom is 0.573 e. The van der Waals surface area contributed by atoms with E-state index in [1.54, 1.807) is 0 Å². The molecule has 3 rings (SSSR count). The number of aliphatic carboxylic acids is 1. The van der Waals surface area contributed by atoms with E-state index in [4.69, 9.17) is 0 Å². The molecule has 0 spiro atoms. The standard InChI is InChI=1S/C16H14F3N3O6S2/c17-16(18,19)28-10-1-3-11(4-2-10)30(26,27)22-6-5-21(7-13(22)15(24)25)14(23)12-8-29-9-20-12/h1-4,8-9,13H,5-7H2,(H,24,25)/t13-/m1/s1. The van der Waals surface area contributed by atoms with Gasteiger partial charge in [-0.25, -0.2) is 13.4 Å². The Hall–Kier alpha value is -2.71. The van der Waals surface area contributed by atoms with Gasteiger partial charge in [0.2, 0.25) is 10.0 Å². The largest absolute Gasteiger partial charge is 0.573 e. The predicted octanol–water partition coefficient (Wildman–Crippen LogP) is 1.64. The number of aromatic nitrogens is 1. The summed E-state index contributed by atoms with van der Waals surface area (Å²) in [5.74, 6) is -2.60. The van der Waals surface area contributed by atoms with E-state index in [1.807, 2.05) is 0 Å². The van der Waals surface area contributed by atoms with Crippen molar-refractivity contribution in [2.24, 2.45) is 0 Å². The lowest BCUT2D eigenvalue weighted by molar-refractivity contribution is -0.274. The fourth-order valence-corrected chi connectivity index (χ4v) is 4.96. The highest BCUT2D eigenvalue weighted by molar-refractivity contribution is 7.89. The molecule has 14 heteroatoms. The lowest BCUT2D eigenvalue weighted by atomic mass is 10.2. The number of halogens is 3. The van der Waals surface area contributed by atoms with Gasteiger partial charge in [0, 0.05) is 25.0 Å². The van der Waals surface area contributed by atoms with E-state index >= 15 is 0 Å². The molecule has 0 radical (unpaired) electrons. The Morgan fingerprint density at radius 1 is 1.20 bits per heavy atom. The normalized spacial score (nSPS) is 18.2. The summed E-state index contributed by atoms with van der Waals surface area (Å²) in [6.45, 7) is -0.787. The van der Waals surface area contributed by atoms with E-state index in [-0.39, 0.29) is 18.8 Å². The number of piperazine rings is 1. The van der Waals surface area contributed by atoms with Crippen LogP contribution in [0.15, 0.2) is 40.1 Å². The number of alkyl halides is 3. The third-order valence-corrected chi connectivity index (χ3v) is 6.73. The molecule has 1 aliphatic heterocycles. The zero-order valence-corrected chi connectivity index (χ0v) is 16.6. The van der Waals surface area contributed by atoms with Crippen molar-refractivity contribution in [3.05, 3.63) is 40.8 Å². The minimum absolute atomic E-state index is 0.0748. The molecule has 0 unspecified atom stereocenters. The van der Waals surface area contributed by atoms with Crippen LogP contribution < -0.4 is 4.74 Å². The summed E-state index contributed by atoms with van der Waals surface area (Å²) in [5.41, 5.74) is 1.56. The molecule has 2 heterocycles. The van der Waals surface area contributed by atoms with Gasteiger partial charge in [0.25, 0.3) is 5.91 Å². The lowest BCUT2D eigenvalue weighted by Crippen LogP contribution is -2.59. The predicted molar refractivity (Wildman–Crippen MR) is 96.5 cm³/mol. The number of carboxylic acid groups (broad SMARTS) is 1. The highest BCUT2D eigenvalue weighted by atomic mass is 32.2. The maximum absolute atomic E-state index is 12.9. The maximum atomic E-state index is 12.9. The van der Waals surface area contributed by atoms with Crippen LogP contribution >= 0.6 is 11.3 Å². The second kappa shape index (κ2) is 8.20.